The Morgan fingerprint density at radius 2 is 1.71 bits per heavy atom. The molecule has 0 aliphatic heterocycles. The Balaban J connectivity index is 1.98. The van der Waals surface area contributed by atoms with Crippen LogP contribution in [0.25, 0.3) is 17.1 Å². The van der Waals surface area contributed by atoms with Crippen molar-refractivity contribution < 1.29 is 4.79 Å². The molecule has 1 aromatic heterocycles. The minimum Gasteiger partial charge on any atom is -0.356 e. The SMILES string of the molecule is CCNC(=O)CSc1nnc(-c2ccccc2)n1-c1ccccc1. The minimum absolute atomic E-state index is 0.00799. The van der Waals surface area contributed by atoms with Gasteiger partial charge in [-0.15, -0.1) is 10.2 Å². The molecular formula is C18H18N4OS. The molecule has 2 aromatic carbocycles. The first kappa shape index (κ1) is 16.3. The van der Waals surface area contributed by atoms with E-state index < -0.39 is 0 Å². The van der Waals surface area contributed by atoms with E-state index in [0.29, 0.717) is 17.5 Å². The van der Waals surface area contributed by atoms with E-state index in [4.69, 9.17) is 0 Å². The van der Waals surface area contributed by atoms with Gasteiger partial charge in [0.15, 0.2) is 11.0 Å². The number of rotatable bonds is 6. The maximum atomic E-state index is 11.8. The monoisotopic (exact) mass is 338 g/mol. The van der Waals surface area contributed by atoms with Crippen LogP contribution >= 0.6 is 11.8 Å². The van der Waals surface area contributed by atoms with Crippen LogP contribution in [0.15, 0.2) is 65.8 Å². The normalized spacial score (nSPS) is 10.5. The first-order chi connectivity index (χ1) is 11.8. The van der Waals surface area contributed by atoms with Gasteiger partial charge in [-0.2, -0.15) is 0 Å². The van der Waals surface area contributed by atoms with E-state index in [2.05, 4.69) is 15.5 Å². The highest BCUT2D eigenvalue weighted by molar-refractivity contribution is 7.99. The van der Waals surface area contributed by atoms with Gasteiger partial charge in [-0.05, 0) is 19.1 Å². The molecule has 0 saturated carbocycles. The van der Waals surface area contributed by atoms with Gasteiger partial charge in [-0.1, -0.05) is 60.3 Å². The zero-order valence-electron chi connectivity index (χ0n) is 13.3. The average Bonchev–Trinajstić information content (AvgIpc) is 3.06. The largest absolute Gasteiger partial charge is 0.356 e. The average molecular weight is 338 g/mol. The molecule has 0 saturated heterocycles. The molecule has 6 heteroatoms. The van der Waals surface area contributed by atoms with Gasteiger partial charge in [-0.25, -0.2) is 0 Å². The summed E-state index contributed by atoms with van der Waals surface area (Å²) < 4.78 is 1.99. The summed E-state index contributed by atoms with van der Waals surface area (Å²) in [6, 6.07) is 19.8. The summed E-state index contributed by atoms with van der Waals surface area (Å²) >= 11 is 1.38. The molecule has 0 atom stereocenters. The summed E-state index contributed by atoms with van der Waals surface area (Å²) in [5.74, 6) is 1.07. The molecule has 3 rings (SSSR count). The number of benzene rings is 2. The Kier molecular flexibility index (Phi) is 5.28. The third-order valence-electron chi connectivity index (χ3n) is 3.39. The van der Waals surface area contributed by atoms with Gasteiger partial charge in [0, 0.05) is 17.8 Å². The number of hydrogen-bond acceptors (Lipinski definition) is 4. The number of carbonyl (C=O) groups is 1. The number of hydrogen-bond donors (Lipinski definition) is 1. The third kappa shape index (κ3) is 3.65. The molecular weight excluding hydrogens is 320 g/mol. The first-order valence-corrected chi connectivity index (χ1v) is 8.74. The van der Waals surface area contributed by atoms with E-state index in [1.165, 1.54) is 11.8 Å². The van der Waals surface area contributed by atoms with Crippen molar-refractivity contribution in [1.29, 1.82) is 0 Å². The van der Waals surface area contributed by atoms with Gasteiger partial charge in [0.2, 0.25) is 5.91 Å². The molecule has 1 heterocycles. The summed E-state index contributed by atoms with van der Waals surface area (Å²) in [5, 5.41) is 12.1. The quantitative estimate of drug-likeness (QED) is 0.701. The predicted octanol–water partition coefficient (Wildman–Crippen LogP) is 3.16. The summed E-state index contributed by atoms with van der Waals surface area (Å²) in [6.45, 7) is 2.53. The number of carbonyl (C=O) groups excluding carboxylic acids is 1. The van der Waals surface area contributed by atoms with Crippen molar-refractivity contribution in [3.8, 4) is 17.1 Å². The van der Waals surface area contributed by atoms with Crippen molar-refractivity contribution in [1.82, 2.24) is 20.1 Å². The second kappa shape index (κ2) is 7.79. The number of nitrogens with one attached hydrogen (secondary N) is 1. The molecule has 3 aromatic rings. The zero-order valence-corrected chi connectivity index (χ0v) is 14.2. The lowest BCUT2D eigenvalue weighted by Gasteiger charge is -2.10. The van der Waals surface area contributed by atoms with Crippen LogP contribution in [-0.2, 0) is 4.79 Å². The topological polar surface area (TPSA) is 59.8 Å². The van der Waals surface area contributed by atoms with E-state index in [1.807, 2.05) is 72.2 Å². The number of amides is 1. The van der Waals surface area contributed by atoms with Crippen LogP contribution in [0.2, 0.25) is 0 Å². The standard InChI is InChI=1S/C18H18N4OS/c1-2-19-16(23)13-24-18-21-20-17(14-9-5-3-6-10-14)22(18)15-11-7-4-8-12-15/h3-12H,2,13H2,1H3,(H,19,23). The van der Waals surface area contributed by atoms with Gasteiger partial charge < -0.3 is 5.32 Å². The van der Waals surface area contributed by atoms with Crippen LogP contribution in [0.1, 0.15) is 6.92 Å². The summed E-state index contributed by atoms with van der Waals surface area (Å²) in [4.78, 5) is 11.8. The fraction of sp³-hybridized carbons (Fsp3) is 0.167. The van der Waals surface area contributed by atoms with Gasteiger partial charge in [-0.3, -0.25) is 9.36 Å². The maximum Gasteiger partial charge on any atom is 0.230 e. The second-order valence-corrected chi connectivity index (χ2v) is 6.03. The van der Waals surface area contributed by atoms with Crippen LogP contribution in [0.5, 0.6) is 0 Å². The lowest BCUT2D eigenvalue weighted by Crippen LogP contribution is -2.24. The Hall–Kier alpha value is -2.60. The summed E-state index contributed by atoms with van der Waals surface area (Å²) in [5.41, 5.74) is 1.96. The summed E-state index contributed by atoms with van der Waals surface area (Å²) in [6.07, 6.45) is 0. The van der Waals surface area contributed by atoms with E-state index in [1.54, 1.807) is 0 Å². The van der Waals surface area contributed by atoms with Crippen LogP contribution in [0.4, 0.5) is 0 Å². The van der Waals surface area contributed by atoms with Crippen molar-refractivity contribution in [3.63, 3.8) is 0 Å². The molecule has 0 unspecified atom stereocenters. The fourth-order valence-corrected chi connectivity index (χ4v) is 3.11. The second-order valence-electron chi connectivity index (χ2n) is 5.09. The van der Waals surface area contributed by atoms with Gasteiger partial charge in [0.1, 0.15) is 0 Å². The van der Waals surface area contributed by atoms with E-state index >= 15 is 0 Å². The van der Waals surface area contributed by atoms with Crippen LogP contribution in [0.3, 0.4) is 0 Å². The number of thioether (sulfide) groups is 1. The van der Waals surface area contributed by atoms with Crippen molar-refractivity contribution in [3.05, 3.63) is 60.7 Å². The zero-order chi connectivity index (χ0) is 16.8. The molecule has 24 heavy (non-hydrogen) atoms. The van der Waals surface area contributed by atoms with Crippen LogP contribution in [-0.4, -0.2) is 33.0 Å². The molecule has 0 aliphatic carbocycles. The molecule has 0 fully saturated rings. The van der Waals surface area contributed by atoms with Gasteiger partial charge >= 0.3 is 0 Å². The predicted molar refractivity (Wildman–Crippen MR) is 96.2 cm³/mol. The van der Waals surface area contributed by atoms with Gasteiger partial charge in [0.25, 0.3) is 0 Å². The smallest absolute Gasteiger partial charge is 0.230 e. The highest BCUT2D eigenvalue weighted by atomic mass is 32.2. The Labute approximate surface area is 145 Å². The molecule has 0 aliphatic rings. The number of para-hydroxylation sites is 1. The lowest BCUT2D eigenvalue weighted by atomic mass is 10.2. The maximum absolute atomic E-state index is 11.8. The van der Waals surface area contributed by atoms with Crippen LogP contribution < -0.4 is 5.32 Å². The summed E-state index contributed by atoms with van der Waals surface area (Å²) in [7, 11) is 0. The van der Waals surface area contributed by atoms with Crippen molar-refractivity contribution in [2.24, 2.45) is 0 Å². The van der Waals surface area contributed by atoms with E-state index in [9.17, 15) is 4.79 Å². The van der Waals surface area contributed by atoms with Gasteiger partial charge in [0.05, 0.1) is 5.75 Å². The Morgan fingerprint density at radius 1 is 1.04 bits per heavy atom. The van der Waals surface area contributed by atoms with Crippen molar-refractivity contribution in [2.75, 3.05) is 12.3 Å². The molecule has 1 amide bonds. The molecule has 0 bridgehead atoms. The van der Waals surface area contributed by atoms with E-state index in [-0.39, 0.29) is 5.91 Å². The van der Waals surface area contributed by atoms with Crippen molar-refractivity contribution >= 4 is 17.7 Å². The fourth-order valence-electron chi connectivity index (χ4n) is 2.33. The molecule has 1 N–H and O–H groups in total. The highest BCUT2D eigenvalue weighted by Gasteiger charge is 2.16. The van der Waals surface area contributed by atoms with Crippen molar-refractivity contribution in [2.45, 2.75) is 12.1 Å². The minimum atomic E-state index is -0.00799. The molecule has 5 nitrogen and oxygen atoms in total. The van der Waals surface area contributed by atoms with E-state index in [0.717, 1.165) is 17.1 Å². The molecule has 122 valence electrons. The molecule has 0 spiro atoms. The Morgan fingerprint density at radius 3 is 2.38 bits per heavy atom. The third-order valence-corrected chi connectivity index (χ3v) is 4.31. The lowest BCUT2D eigenvalue weighted by molar-refractivity contribution is -0.118. The number of nitrogens with zero attached hydrogens (tertiary/aromatic N) is 3. The number of aromatic nitrogens is 3. The molecule has 0 radical (unpaired) electrons. The van der Waals surface area contributed by atoms with Crippen LogP contribution in [0, 0.1) is 0 Å². The Bertz CT molecular complexity index is 802. The first-order valence-electron chi connectivity index (χ1n) is 7.75. The highest BCUT2D eigenvalue weighted by Crippen LogP contribution is 2.27.